The van der Waals surface area contributed by atoms with Crippen molar-refractivity contribution in [3.05, 3.63) is 84.4 Å². The van der Waals surface area contributed by atoms with Crippen molar-refractivity contribution in [2.24, 2.45) is 0 Å². The highest BCUT2D eigenvalue weighted by molar-refractivity contribution is 5.95. The standard InChI is InChI=1S/C25H23N3O6/c1-17(33-23(29)14-13-22-27-24(28-34-22)21-8-5-15-31-21)25(30)26-19-9-11-20(12-10-19)32-16-18-6-3-2-4-7-18/h2-12,15,17H,13-14,16H2,1H3,(H,26,30). The van der Waals surface area contributed by atoms with Crippen molar-refractivity contribution >= 4 is 17.6 Å². The molecule has 1 atom stereocenters. The zero-order chi connectivity index (χ0) is 23.8. The number of anilines is 1. The van der Waals surface area contributed by atoms with Crippen molar-refractivity contribution in [1.82, 2.24) is 10.1 Å². The van der Waals surface area contributed by atoms with E-state index in [9.17, 15) is 9.59 Å². The van der Waals surface area contributed by atoms with Gasteiger partial charge in [0.15, 0.2) is 11.9 Å². The van der Waals surface area contributed by atoms with Crippen molar-refractivity contribution in [1.29, 1.82) is 0 Å². The molecule has 34 heavy (non-hydrogen) atoms. The number of ether oxygens (including phenoxy) is 2. The van der Waals surface area contributed by atoms with Gasteiger partial charge in [-0.1, -0.05) is 35.5 Å². The lowest BCUT2D eigenvalue weighted by Crippen LogP contribution is -2.30. The number of furan rings is 1. The van der Waals surface area contributed by atoms with Crippen LogP contribution in [0.1, 0.15) is 24.8 Å². The largest absolute Gasteiger partial charge is 0.489 e. The van der Waals surface area contributed by atoms with Gasteiger partial charge in [0.2, 0.25) is 11.7 Å². The van der Waals surface area contributed by atoms with Crippen LogP contribution in [0.4, 0.5) is 5.69 Å². The number of aromatic nitrogens is 2. The molecule has 0 aliphatic rings. The monoisotopic (exact) mass is 461 g/mol. The molecule has 0 aliphatic carbocycles. The molecule has 2 aromatic heterocycles. The number of nitrogens with zero attached hydrogens (tertiary/aromatic N) is 2. The highest BCUT2D eigenvalue weighted by atomic mass is 16.5. The van der Waals surface area contributed by atoms with E-state index in [2.05, 4.69) is 15.5 Å². The van der Waals surface area contributed by atoms with Crippen molar-refractivity contribution in [3.8, 4) is 17.3 Å². The van der Waals surface area contributed by atoms with E-state index in [0.29, 0.717) is 29.6 Å². The Balaban J connectivity index is 1.20. The fraction of sp³-hybridized carbons (Fsp3) is 0.200. The lowest BCUT2D eigenvalue weighted by atomic mass is 10.2. The first-order chi connectivity index (χ1) is 16.6. The summed E-state index contributed by atoms with van der Waals surface area (Å²) in [6.45, 7) is 1.96. The average molecular weight is 461 g/mol. The normalized spacial score (nSPS) is 11.6. The van der Waals surface area contributed by atoms with Crippen LogP contribution in [0, 0.1) is 0 Å². The number of aryl methyl sites for hydroxylation is 1. The predicted molar refractivity (Wildman–Crippen MR) is 122 cm³/mol. The fourth-order valence-electron chi connectivity index (χ4n) is 3.00. The van der Waals surface area contributed by atoms with Gasteiger partial charge in [-0.25, -0.2) is 0 Å². The molecule has 2 aromatic carbocycles. The van der Waals surface area contributed by atoms with Crippen LogP contribution < -0.4 is 10.1 Å². The number of carbonyl (C=O) groups is 2. The molecule has 0 radical (unpaired) electrons. The minimum atomic E-state index is -0.970. The molecule has 0 aliphatic heterocycles. The van der Waals surface area contributed by atoms with Gasteiger partial charge >= 0.3 is 5.97 Å². The van der Waals surface area contributed by atoms with E-state index in [1.165, 1.54) is 13.2 Å². The maximum absolute atomic E-state index is 12.4. The van der Waals surface area contributed by atoms with E-state index < -0.39 is 18.0 Å². The minimum Gasteiger partial charge on any atom is -0.489 e. The molecule has 9 nitrogen and oxygen atoms in total. The number of nitrogens with one attached hydrogen (secondary N) is 1. The zero-order valence-corrected chi connectivity index (χ0v) is 18.5. The highest BCUT2D eigenvalue weighted by Gasteiger charge is 2.19. The van der Waals surface area contributed by atoms with Crippen molar-refractivity contribution < 1.29 is 28.0 Å². The highest BCUT2D eigenvalue weighted by Crippen LogP contribution is 2.18. The molecule has 0 spiro atoms. The molecule has 0 bridgehead atoms. The third-order valence-electron chi connectivity index (χ3n) is 4.80. The molecule has 0 fully saturated rings. The van der Waals surface area contributed by atoms with Crippen LogP contribution in [0.3, 0.4) is 0 Å². The van der Waals surface area contributed by atoms with Gasteiger partial charge in [0, 0.05) is 12.1 Å². The van der Waals surface area contributed by atoms with E-state index in [4.69, 9.17) is 18.4 Å². The Morgan fingerprint density at radius 2 is 1.82 bits per heavy atom. The summed E-state index contributed by atoms with van der Waals surface area (Å²) in [7, 11) is 0. The molecular formula is C25H23N3O6. The number of hydrogen-bond acceptors (Lipinski definition) is 8. The second-order valence-corrected chi connectivity index (χ2v) is 7.41. The first-order valence-corrected chi connectivity index (χ1v) is 10.7. The second-order valence-electron chi connectivity index (χ2n) is 7.41. The first-order valence-electron chi connectivity index (χ1n) is 10.7. The van der Waals surface area contributed by atoms with Gasteiger partial charge in [-0.3, -0.25) is 9.59 Å². The van der Waals surface area contributed by atoms with Crippen LogP contribution in [0.2, 0.25) is 0 Å². The Hall–Kier alpha value is -4.40. The van der Waals surface area contributed by atoms with Gasteiger partial charge in [-0.15, -0.1) is 0 Å². The molecule has 9 heteroatoms. The first kappa shape index (κ1) is 22.8. The third-order valence-corrected chi connectivity index (χ3v) is 4.80. The Labute approximate surface area is 195 Å². The molecule has 4 aromatic rings. The Bertz CT molecular complexity index is 1200. The summed E-state index contributed by atoms with van der Waals surface area (Å²) in [5.74, 6) is 0.734. The maximum Gasteiger partial charge on any atom is 0.307 e. The van der Waals surface area contributed by atoms with Gasteiger partial charge in [-0.05, 0) is 48.9 Å². The van der Waals surface area contributed by atoms with E-state index in [1.807, 2.05) is 30.3 Å². The fourth-order valence-corrected chi connectivity index (χ4v) is 3.00. The van der Waals surface area contributed by atoms with E-state index in [1.54, 1.807) is 36.4 Å². The van der Waals surface area contributed by atoms with Gasteiger partial charge in [0.05, 0.1) is 12.7 Å². The summed E-state index contributed by atoms with van der Waals surface area (Å²) in [6.07, 6.45) is 0.711. The minimum absolute atomic E-state index is 0.00907. The van der Waals surface area contributed by atoms with Crippen LogP contribution in [0.5, 0.6) is 5.75 Å². The predicted octanol–water partition coefficient (Wildman–Crippen LogP) is 4.41. The second kappa shape index (κ2) is 11.0. The Morgan fingerprint density at radius 1 is 1.03 bits per heavy atom. The molecular weight excluding hydrogens is 438 g/mol. The lowest BCUT2D eigenvalue weighted by molar-refractivity contribution is -0.153. The maximum atomic E-state index is 12.4. The zero-order valence-electron chi connectivity index (χ0n) is 18.5. The average Bonchev–Trinajstić information content (AvgIpc) is 3.55. The molecule has 0 saturated heterocycles. The molecule has 0 saturated carbocycles. The molecule has 4 rings (SSSR count). The smallest absolute Gasteiger partial charge is 0.307 e. The number of benzene rings is 2. The summed E-state index contributed by atoms with van der Waals surface area (Å²) in [6, 6.07) is 20.2. The van der Waals surface area contributed by atoms with Crippen LogP contribution in [0.15, 0.2) is 81.9 Å². The molecule has 1 unspecified atom stereocenters. The SMILES string of the molecule is CC(OC(=O)CCc1nc(-c2ccco2)no1)C(=O)Nc1ccc(OCc2ccccc2)cc1. The Kier molecular flexibility index (Phi) is 7.34. The van der Waals surface area contributed by atoms with Gasteiger partial charge in [0.25, 0.3) is 5.91 Å². The topological polar surface area (TPSA) is 117 Å². The van der Waals surface area contributed by atoms with E-state index in [-0.39, 0.29) is 18.7 Å². The Morgan fingerprint density at radius 3 is 2.56 bits per heavy atom. The quantitative estimate of drug-likeness (QED) is 0.345. The van der Waals surface area contributed by atoms with Crippen LogP contribution in [-0.4, -0.2) is 28.1 Å². The van der Waals surface area contributed by atoms with Crippen molar-refractivity contribution in [2.75, 3.05) is 5.32 Å². The number of hydrogen-bond donors (Lipinski definition) is 1. The van der Waals surface area contributed by atoms with Crippen LogP contribution in [-0.2, 0) is 27.4 Å². The number of amides is 1. The molecule has 2 heterocycles. The van der Waals surface area contributed by atoms with Gasteiger partial charge < -0.3 is 23.7 Å². The number of carbonyl (C=O) groups excluding carboxylic acids is 2. The summed E-state index contributed by atoms with van der Waals surface area (Å²) in [5.41, 5.74) is 1.63. The van der Waals surface area contributed by atoms with E-state index in [0.717, 1.165) is 5.56 Å². The van der Waals surface area contributed by atoms with Crippen molar-refractivity contribution in [3.63, 3.8) is 0 Å². The molecule has 1 amide bonds. The van der Waals surface area contributed by atoms with Crippen LogP contribution in [0.25, 0.3) is 11.6 Å². The van der Waals surface area contributed by atoms with Gasteiger partial charge in [0.1, 0.15) is 12.4 Å². The summed E-state index contributed by atoms with van der Waals surface area (Å²) in [5, 5.41) is 6.52. The number of rotatable bonds is 10. The molecule has 174 valence electrons. The third kappa shape index (κ3) is 6.32. The van der Waals surface area contributed by atoms with Crippen molar-refractivity contribution in [2.45, 2.75) is 32.5 Å². The summed E-state index contributed by atoms with van der Waals surface area (Å²) < 4.78 is 21.2. The lowest BCUT2D eigenvalue weighted by Gasteiger charge is -2.13. The number of esters is 1. The summed E-state index contributed by atoms with van der Waals surface area (Å²) in [4.78, 5) is 28.7. The van der Waals surface area contributed by atoms with Gasteiger partial charge in [-0.2, -0.15) is 4.98 Å². The van der Waals surface area contributed by atoms with Crippen LogP contribution >= 0.6 is 0 Å². The summed E-state index contributed by atoms with van der Waals surface area (Å²) >= 11 is 0. The molecule has 1 N–H and O–H groups in total. The van der Waals surface area contributed by atoms with E-state index >= 15 is 0 Å².